The molecule has 0 saturated heterocycles. The molecule has 0 radical (unpaired) electrons. The molecular formula is C22H28O6. The van der Waals surface area contributed by atoms with E-state index in [4.69, 9.17) is 24.1 Å². The Morgan fingerprint density at radius 1 is 0.857 bits per heavy atom. The lowest BCUT2D eigenvalue weighted by molar-refractivity contribution is 0.0742. The van der Waals surface area contributed by atoms with Crippen LogP contribution in [0.4, 0.5) is 0 Å². The maximum Gasteiger partial charge on any atom is 0.186 e. The van der Waals surface area contributed by atoms with Crippen molar-refractivity contribution in [1.82, 2.24) is 0 Å². The summed E-state index contributed by atoms with van der Waals surface area (Å²) < 4.78 is 21.5. The minimum atomic E-state index is -0.469. The maximum atomic E-state index is 9.22. The van der Waals surface area contributed by atoms with Crippen LogP contribution in [0, 0.1) is 11.8 Å². The molecule has 0 amide bonds. The first-order chi connectivity index (χ1) is 13.5. The van der Waals surface area contributed by atoms with Gasteiger partial charge in [-0.15, -0.1) is 0 Å². The number of aliphatic hydroxyl groups excluding tert-OH is 2. The zero-order chi connectivity index (χ0) is 20.3. The van der Waals surface area contributed by atoms with Gasteiger partial charge >= 0.3 is 0 Å². The van der Waals surface area contributed by atoms with E-state index in [0.717, 1.165) is 17.7 Å². The van der Waals surface area contributed by atoms with Gasteiger partial charge in [0, 0.05) is 5.92 Å². The third-order valence-electron chi connectivity index (χ3n) is 5.71. The van der Waals surface area contributed by atoms with E-state index < -0.39 is 13.6 Å². The highest BCUT2D eigenvalue weighted by Gasteiger charge is 2.34. The fourth-order valence-corrected chi connectivity index (χ4v) is 4.12. The Labute approximate surface area is 165 Å². The van der Waals surface area contributed by atoms with Crippen LogP contribution in [-0.2, 0) is 6.42 Å². The minimum Gasteiger partial charge on any atom is -0.493 e. The smallest absolute Gasteiger partial charge is 0.186 e. The van der Waals surface area contributed by atoms with Gasteiger partial charge in [-0.25, -0.2) is 0 Å². The molecule has 3 atom stereocenters. The number of rotatable bonds is 7. The molecule has 2 aromatic carbocycles. The highest BCUT2D eigenvalue weighted by molar-refractivity contribution is 5.54. The third-order valence-corrected chi connectivity index (χ3v) is 5.71. The zero-order valence-corrected chi connectivity index (χ0v) is 16.8. The maximum absolute atomic E-state index is 9.22. The van der Waals surface area contributed by atoms with Crippen molar-refractivity contribution in [3.8, 4) is 23.0 Å². The van der Waals surface area contributed by atoms with E-state index in [0.29, 0.717) is 29.1 Å². The first kappa shape index (κ1) is 20.3. The zero-order valence-electron chi connectivity index (χ0n) is 16.8. The van der Waals surface area contributed by atoms with Crippen LogP contribution in [0.15, 0.2) is 30.3 Å². The van der Waals surface area contributed by atoms with Crippen molar-refractivity contribution in [2.45, 2.75) is 26.2 Å². The summed E-state index contributed by atoms with van der Waals surface area (Å²) in [6, 6.07) is 9.75. The van der Waals surface area contributed by atoms with E-state index in [-0.39, 0.29) is 5.92 Å². The number of hydrogen-bond donors (Lipinski definition) is 2. The summed E-state index contributed by atoms with van der Waals surface area (Å²) in [7, 11) is 3.29. The second-order valence-electron chi connectivity index (χ2n) is 7.18. The summed E-state index contributed by atoms with van der Waals surface area (Å²) in [6.45, 7) is 3.58. The van der Waals surface area contributed by atoms with E-state index in [1.807, 2.05) is 12.1 Å². The molecule has 1 aliphatic carbocycles. The Hall–Kier alpha value is -2.44. The predicted octanol–water partition coefficient (Wildman–Crippen LogP) is 3.32. The van der Waals surface area contributed by atoms with Crippen LogP contribution in [0.1, 0.15) is 36.5 Å². The van der Waals surface area contributed by atoms with Gasteiger partial charge in [0.2, 0.25) is 0 Å². The molecule has 152 valence electrons. The standard InChI is InChI=1S/C22H28O6/c1-13-7-16-9-19(25-3)20(26-4)10-17(16)22(14(13)2)15-5-6-18(27-11-23)21(8-15)28-12-24/h5-6,8-10,13-14,22-24H,7,11-12H2,1-4H3/t13-,14+,22+/m0/s1. The van der Waals surface area contributed by atoms with E-state index in [2.05, 4.69) is 26.0 Å². The van der Waals surface area contributed by atoms with E-state index >= 15 is 0 Å². The summed E-state index contributed by atoms with van der Waals surface area (Å²) in [6.07, 6.45) is 0.971. The molecule has 0 spiro atoms. The van der Waals surface area contributed by atoms with Gasteiger partial charge in [-0.3, -0.25) is 0 Å². The predicted molar refractivity (Wildman–Crippen MR) is 105 cm³/mol. The molecule has 28 heavy (non-hydrogen) atoms. The lowest BCUT2D eigenvalue weighted by Gasteiger charge is -2.37. The van der Waals surface area contributed by atoms with Gasteiger partial charge in [-0.05, 0) is 59.2 Å². The van der Waals surface area contributed by atoms with Crippen LogP contribution in [-0.4, -0.2) is 38.0 Å². The molecule has 0 fully saturated rings. The number of fused-ring (bicyclic) bond motifs is 1. The van der Waals surface area contributed by atoms with Crippen molar-refractivity contribution in [1.29, 1.82) is 0 Å². The second kappa shape index (κ2) is 8.71. The third kappa shape index (κ3) is 3.75. The second-order valence-corrected chi connectivity index (χ2v) is 7.18. The van der Waals surface area contributed by atoms with Gasteiger partial charge in [-0.2, -0.15) is 0 Å². The number of methoxy groups -OCH3 is 2. The fourth-order valence-electron chi connectivity index (χ4n) is 4.12. The average molecular weight is 388 g/mol. The summed E-state index contributed by atoms with van der Waals surface area (Å²) >= 11 is 0. The van der Waals surface area contributed by atoms with Gasteiger partial charge in [0.15, 0.2) is 36.6 Å². The molecule has 0 heterocycles. The van der Waals surface area contributed by atoms with Crippen LogP contribution in [0.2, 0.25) is 0 Å². The molecule has 0 bridgehead atoms. The first-order valence-electron chi connectivity index (χ1n) is 9.40. The lowest BCUT2D eigenvalue weighted by Crippen LogP contribution is -2.27. The highest BCUT2D eigenvalue weighted by atomic mass is 16.6. The van der Waals surface area contributed by atoms with Crippen molar-refractivity contribution in [3.05, 3.63) is 47.0 Å². The van der Waals surface area contributed by atoms with E-state index in [1.54, 1.807) is 20.3 Å². The molecular weight excluding hydrogens is 360 g/mol. The Morgan fingerprint density at radius 2 is 1.50 bits per heavy atom. The summed E-state index contributed by atoms with van der Waals surface area (Å²) in [4.78, 5) is 0. The Kier molecular flexibility index (Phi) is 6.31. The van der Waals surface area contributed by atoms with Crippen molar-refractivity contribution in [2.75, 3.05) is 27.8 Å². The van der Waals surface area contributed by atoms with E-state index in [9.17, 15) is 5.11 Å². The quantitative estimate of drug-likeness (QED) is 0.709. The van der Waals surface area contributed by atoms with Crippen LogP contribution >= 0.6 is 0 Å². The molecule has 0 aliphatic heterocycles. The van der Waals surface area contributed by atoms with Crippen molar-refractivity contribution >= 4 is 0 Å². The number of hydrogen-bond acceptors (Lipinski definition) is 6. The van der Waals surface area contributed by atoms with Crippen LogP contribution in [0.3, 0.4) is 0 Å². The molecule has 0 unspecified atom stereocenters. The molecule has 6 nitrogen and oxygen atoms in total. The van der Waals surface area contributed by atoms with Crippen LogP contribution < -0.4 is 18.9 Å². The van der Waals surface area contributed by atoms with Gasteiger partial charge in [0.1, 0.15) is 0 Å². The molecule has 6 heteroatoms. The Bertz CT molecular complexity index is 819. The summed E-state index contributed by atoms with van der Waals surface area (Å²) in [5, 5.41) is 18.3. The minimum absolute atomic E-state index is 0.128. The lowest BCUT2D eigenvalue weighted by atomic mass is 9.68. The van der Waals surface area contributed by atoms with Crippen molar-refractivity contribution in [3.63, 3.8) is 0 Å². The van der Waals surface area contributed by atoms with Gasteiger partial charge < -0.3 is 29.2 Å². The summed E-state index contributed by atoms with van der Waals surface area (Å²) in [5.74, 6) is 3.23. The van der Waals surface area contributed by atoms with Gasteiger partial charge in [0.05, 0.1) is 14.2 Å². The molecule has 2 N–H and O–H groups in total. The van der Waals surface area contributed by atoms with Gasteiger partial charge in [0.25, 0.3) is 0 Å². The number of benzene rings is 2. The molecule has 2 aromatic rings. The number of ether oxygens (including phenoxy) is 4. The largest absolute Gasteiger partial charge is 0.493 e. The molecule has 0 saturated carbocycles. The number of aliphatic hydroxyl groups is 2. The topological polar surface area (TPSA) is 77.4 Å². The molecule has 1 aliphatic rings. The molecule has 0 aromatic heterocycles. The normalized spacial score (nSPS) is 21.0. The van der Waals surface area contributed by atoms with Crippen LogP contribution in [0.5, 0.6) is 23.0 Å². The van der Waals surface area contributed by atoms with Crippen LogP contribution in [0.25, 0.3) is 0 Å². The first-order valence-corrected chi connectivity index (χ1v) is 9.40. The Balaban J connectivity index is 2.12. The monoisotopic (exact) mass is 388 g/mol. The molecule has 3 rings (SSSR count). The Morgan fingerprint density at radius 3 is 2.14 bits per heavy atom. The van der Waals surface area contributed by atoms with Gasteiger partial charge in [-0.1, -0.05) is 19.9 Å². The summed E-state index contributed by atoms with van der Waals surface area (Å²) in [5.41, 5.74) is 3.50. The fraction of sp³-hybridized carbons (Fsp3) is 0.455. The highest BCUT2D eigenvalue weighted by Crippen LogP contribution is 2.48. The average Bonchev–Trinajstić information content (AvgIpc) is 2.70. The van der Waals surface area contributed by atoms with E-state index in [1.165, 1.54) is 11.1 Å². The SMILES string of the molecule is COc1cc2c(cc1OC)[C@@H](c1ccc(OCO)c(OCO)c1)[C@H](C)[C@@H](C)C2. The van der Waals surface area contributed by atoms with Crippen molar-refractivity contribution < 1.29 is 29.2 Å². The van der Waals surface area contributed by atoms with Crippen molar-refractivity contribution in [2.24, 2.45) is 11.8 Å².